The molecule has 116 valence electrons. The predicted octanol–water partition coefficient (Wildman–Crippen LogP) is 4.81. The molecule has 0 bridgehead atoms. The zero-order valence-corrected chi connectivity index (χ0v) is 14.2. The SMILES string of the molecule is CC(C)c1ccc2c(c1)CC[C@H]1C(C)(C)[C@@H](O)CC[C@]21C. The number of hydrogen-bond donors (Lipinski definition) is 1. The van der Waals surface area contributed by atoms with Gasteiger partial charge in [0.1, 0.15) is 0 Å². The highest BCUT2D eigenvalue weighted by Crippen LogP contribution is 2.57. The van der Waals surface area contributed by atoms with Crippen LogP contribution in [0, 0.1) is 11.3 Å². The number of benzene rings is 1. The molecule has 0 spiro atoms. The van der Waals surface area contributed by atoms with E-state index in [9.17, 15) is 5.11 Å². The molecule has 1 fully saturated rings. The maximum atomic E-state index is 10.5. The summed E-state index contributed by atoms with van der Waals surface area (Å²) in [7, 11) is 0. The van der Waals surface area contributed by atoms with Crippen molar-refractivity contribution in [1.82, 2.24) is 0 Å². The fraction of sp³-hybridized carbons (Fsp3) is 0.700. The van der Waals surface area contributed by atoms with Crippen LogP contribution in [0.25, 0.3) is 0 Å². The summed E-state index contributed by atoms with van der Waals surface area (Å²) in [6.45, 7) is 11.5. The van der Waals surface area contributed by atoms with Crippen molar-refractivity contribution in [2.45, 2.75) is 77.7 Å². The second kappa shape index (κ2) is 4.84. The third-order valence-electron chi connectivity index (χ3n) is 6.58. The summed E-state index contributed by atoms with van der Waals surface area (Å²) in [4.78, 5) is 0. The van der Waals surface area contributed by atoms with Gasteiger partial charge in [-0.1, -0.05) is 52.8 Å². The standard InChI is InChI=1S/C20H30O/c1-13(2)14-6-8-16-15(12-14)7-9-17-19(3,4)18(21)10-11-20(16,17)5/h6,8,12-13,17-18,21H,7,9-11H2,1-5H3/t17-,18-,20+/m0/s1. The Balaban J connectivity index is 2.06. The first kappa shape index (κ1) is 15.1. The lowest BCUT2D eigenvalue weighted by Crippen LogP contribution is -2.53. The lowest BCUT2D eigenvalue weighted by atomic mass is 9.49. The van der Waals surface area contributed by atoms with Crippen molar-refractivity contribution in [2.75, 3.05) is 0 Å². The van der Waals surface area contributed by atoms with Crippen LogP contribution in [-0.4, -0.2) is 11.2 Å². The van der Waals surface area contributed by atoms with Gasteiger partial charge in [0, 0.05) is 0 Å². The molecule has 1 heteroatoms. The van der Waals surface area contributed by atoms with Crippen molar-refractivity contribution in [1.29, 1.82) is 0 Å². The number of aryl methyl sites for hydroxylation is 1. The third-order valence-corrected chi connectivity index (χ3v) is 6.58. The van der Waals surface area contributed by atoms with Crippen LogP contribution in [0.5, 0.6) is 0 Å². The van der Waals surface area contributed by atoms with E-state index in [0.717, 1.165) is 12.8 Å². The molecule has 0 radical (unpaired) electrons. The second-order valence-corrected chi connectivity index (χ2v) is 8.46. The predicted molar refractivity (Wildman–Crippen MR) is 88.7 cm³/mol. The van der Waals surface area contributed by atoms with Gasteiger partial charge in [-0.05, 0) is 65.0 Å². The number of rotatable bonds is 1. The van der Waals surface area contributed by atoms with Gasteiger partial charge in [-0.25, -0.2) is 0 Å². The zero-order valence-electron chi connectivity index (χ0n) is 14.2. The Morgan fingerprint density at radius 3 is 2.52 bits per heavy atom. The molecule has 0 heterocycles. The Kier molecular flexibility index (Phi) is 3.48. The molecule has 1 aromatic rings. The average Bonchev–Trinajstić information content (AvgIpc) is 2.43. The number of aliphatic hydroxyl groups is 1. The van der Waals surface area contributed by atoms with Gasteiger partial charge in [0.2, 0.25) is 0 Å². The summed E-state index contributed by atoms with van der Waals surface area (Å²) in [5.74, 6) is 1.19. The molecule has 1 saturated carbocycles. The Labute approximate surface area is 129 Å². The Bertz CT molecular complexity index is 543. The van der Waals surface area contributed by atoms with Crippen molar-refractivity contribution in [3.63, 3.8) is 0 Å². The summed E-state index contributed by atoms with van der Waals surface area (Å²) < 4.78 is 0. The molecule has 1 N–H and O–H groups in total. The molecule has 1 aromatic carbocycles. The highest BCUT2D eigenvalue weighted by atomic mass is 16.3. The van der Waals surface area contributed by atoms with Crippen LogP contribution in [-0.2, 0) is 11.8 Å². The summed E-state index contributed by atoms with van der Waals surface area (Å²) in [5, 5.41) is 10.5. The van der Waals surface area contributed by atoms with Crippen LogP contribution in [0.4, 0.5) is 0 Å². The molecule has 3 rings (SSSR count). The summed E-state index contributed by atoms with van der Waals surface area (Å²) in [5.41, 5.74) is 4.86. The lowest BCUT2D eigenvalue weighted by molar-refractivity contribution is -0.0730. The van der Waals surface area contributed by atoms with Crippen LogP contribution < -0.4 is 0 Å². The van der Waals surface area contributed by atoms with Gasteiger partial charge in [0.15, 0.2) is 0 Å². The Morgan fingerprint density at radius 1 is 1.14 bits per heavy atom. The number of aliphatic hydroxyl groups excluding tert-OH is 1. The average molecular weight is 286 g/mol. The van der Waals surface area contributed by atoms with Crippen molar-refractivity contribution >= 4 is 0 Å². The second-order valence-electron chi connectivity index (χ2n) is 8.46. The van der Waals surface area contributed by atoms with E-state index in [0.29, 0.717) is 11.8 Å². The van der Waals surface area contributed by atoms with E-state index in [1.165, 1.54) is 18.4 Å². The first-order valence-electron chi connectivity index (χ1n) is 8.58. The van der Waals surface area contributed by atoms with Gasteiger partial charge in [-0.2, -0.15) is 0 Å². The summed E-state index contributed by atoms with van der Waals surface area (Å²) in [6.07, 6.45) is 4.30. The molecule has 2 aliphatic rings. The lowest BCUT2D eigenvalue weighted by Gasteiger charge is -2.56. The van der Waals surface area contributed by atoms with Crippen molar-refractivity contribution < 1.29 is 5.11 Å². The summed E-state index contributed by atoms with van der Waals surface area (Å²) in [6, 6.07) is 7.17. The molecular formula is C20H30O. The maximum Gasteiger partial charge on any atom is 0.0594 e. The third kappa shape index (κ3) is 2.16. The van der Waals surface area contributed by atoms with Gasteiger partial charge < -0.3 is 5.11 Å². The van der Waals surface area contributed by atoms with E-state index in [4.69, 9.17) is 0 Å². The van der Waals surface area contributed by atoms with Gasteiger partial charge >= 0.3 is 0 Å². The maximum absolute atomic E-state index is 10.5. The van der Waals surface area contributed by atoms with E-state index in [2.05, 4.69) is 52.8 Å². The van der Waals surface area contributed by atoms with Crippen molar-refractivity contribution in [3.05, 3.63) is 34.9 Å². The van der Waals surface area contributed by atoms with Crippen LogP contribution in [0.1, 0.15) is 76.5 Å². The molecule has 21 heavy (non-hydrogen) atoms. The normalized spacial score (nSPS) is 34.4. The fourth-order valence-corrected chi connectivity index (χ4v) is 5.09. The molecule has 0 aliphatic heterocycles. The summed E-state index contributed by atoms with van der Waals surface area (Å²) >= 11 is 0. The topological polar surface area (TPSA) is 20.2 Å². The zero-order chi connectivity index (χ0) is 15.4. The van der Waals surface area contributed by atoms with Gasteiger partial charge in [0.25, 0.3) is 0 Å². The van der Waals surface area contributed by atoms with E-state index in [-0.39, 0.29) is 16.9 Å². The molecular weight excluding hydrogens is 256 g/mol. The van der Waals surface area contributed by atoms with E-state index >= 15 is 0 Å². The number of fused-ring (bicyclic) bond motifs is 3. The molecule has 2 aliphatic carbocycles. The Morgan fingerprint density at radius 2 is 1.86 bits per heavy atom. The first-order chi connectivity index (χ1) is 9.76. The smallest absolute Gasteiger partial charge is 0.0594 e. The fourth-order valence-electron chi connectivity index (χ4n) is 5.09. The number of hydrogen-bond acceptors (Lipinski definition) is 1. The van der Waals surface area contributed by atoms with E-state index in [1.807, 2.05) is 0 Å². The van der Waals surface area contributed by atoms with Crippen LogP contribution in [0.2, 0.25) is 0 Å². The van der Waals surface area contributed by atoms with Gasteiger partial charge in [0.05, 0.1) is 6.10 Å². The molecule has 0 unspecified atom stereocenters. The highest BCUT2D eigenvalue weighted by Gasteiger charge is 2.53. The van der Waals surface area contributed by atoms with Gasteiger partial charge in [-0.15, -0.1) is 0 Å². The minimum Gasteiger partial charge on any atom is -0.393 e. The van der Waals surface area contributed by atoms with Crippen LogP contribution in [0.3, 0.4) is 0 Å². The van der Waals surface area contributed by atoms with Crippen LogP contribution in [0.15, 0.2) is 18.2 Å². The Hall–Kier alpha value is -0.820. The van der Waals surface area contributed by atoms with E-state index in [1.54, 1.807) is 11.1 Å². The molecule has 0 saturated heterocycles. The molecule has 1 nitrogen and oxygen atoms in total. The first-order valence-corrected chi connectivity index (χ1v) is 8.58. The van der Waals surface area contributed by atoms with Gasteiger partial charge in [-0.3, -0.25) is 0 Å². The minimum atomic E-state index is -0.146. The highest BCUT2D eigenvalue weighted by molar-refractivity contribution is 5.42. The van der Waals surface area contributed by atoms with Crippen molar-refractivity contribution in [2.24, 2.45) is 11.3 Å². The van der Waals surface area contributed by atoms with E-state index < -0.39 is 0 Å². The largest absolute Gasteiger partial charge is 0.393 e. The monoisotopic (exact) mass is 286 g/mol. The quantitative estimate of drug-likeness (QED) is 0.785. The molecule has 0 aromatic heterocycles. The van der Waals surface area contributed by atoms with Crippen LogP contribution >= 0.6 is 0 Å². The molecule has 3 atom stereocenters. The van der Waals surface area contributed by atoms with Crippen molar-refractivity contribution in [3.8, 4) is 0 Å². The minimum absolute atomic E-state index is 0.0292. The molecule has 0 amide bonds.